The number of aryl methyl sites for hydroxylation is 2. The number of fused-ring (bicyclic) bond motifs is 1. The molecule has 4 heterocycles. The Morgan fingerprint density at radius 3 is 2.21 bits per heavy atom. The Morgan fingerprint density at radius 2 is 1.51 bits per heavy atom. The van der Waals surface area contributed by atoms with E-state index >= 15 is 0 Å². The predicted molar refractivity (Wildman–Crippen MR) is 187 cm³/mol. The summed E-state index contributed by atoms with van der Waals surface area (Å²) in [4.78, 5) is 39.2. The van der Waals surface area contributed by atoms with E-state index < -0.39 is 6.35 Å². The van der Waals surface area contributed by atoms with E-state index in [-0.39, 0.29) is 30.2 Å². The zero-order valence-electron chi connectivity index (χ0n) is 28.9. The molecular weight excluding hydrogens is 588 g/mol. The van der Waals surface area contributed by atoms with Crippen molar-refractivity contribution in [2.45, 2.75) is 90.2 Å². The fourth-order valence-corrected chi connectivity index (χ4v) is 8.36. The van der Waals surface area contributed by atoms with Gasteiger partial charge in [0.15, 0.2) is 6.35 Å². The summed E-state index contributed by atoms with van der Waals surface area (Å²) in [6.45, 7) is 12.0. The Morgan fingerprint density at radius 1 is 0.830 bits per heavy atom. The smallest absolute Gasteiger partial charge is 0.226 e. The lowest BCUT2D eigenvalue weighted by Crippen LogP contribution is -2.55. The third-order valence-electron chi connectivity index (χ3n) is 11.4. The van der Waals surface area contributed by atoms with E-state index in [0.29, 0.717) is 32.1 Å². The second-order valence-electron chi connectivity index (χ2n) is 14.3. The van der Waals surface area contributed by atoms with Gasteiger partial charge in [-0.1, -0.05) is 50.2 Å². The van der Waals surface area contributed by atoms with Crippen molar-refractivity contribution in [1.29, 1.82) is 0 Å². The number of hydrogen-bond donors (Lipinski definition) is 2. The normalized spacial score (nSPS) is 22.9. The number of carbonyl (C=O) groups excluding carboxylic acids is 2. The number of nitrogens with zero attached hydrogens (tertiary/aromatic N) is 5. The molecule has 0 radical (unpaired) electrons. The third-order valence-corrected chi connectivity index (χ3v) is 11.4. The molecule has 47 heavy (non-hydrogen) atoms. The lowest BCUT2D eigenvalue weighted by Gasteiger charge is -2.44. The molecular formula is C38H56N6O3. The molecule has 9 nitrogen and oxygen atoms in total. The van der Waals surface area contributed by atoms with Gasteiger partial charge in [-0.15, -0.1) is 0 Å². The van der Waals surface area contributed by atoms with Gasteiger partial charge in [0.25, 0.3) is 0 Å². The maximum Gasteiger partial charge on any atom is 0.226 e. The minimum atomic E-state index is -0.730. The Labute approximate surface area is 281 Å². The van der Waals surface area contributed by atoms with E-state index in [2.05, 4.69) is 65.2 Å². The molecule has 0 aliphatic carbocycles. The van der Waals surface area contributed by atoms with Crippen molar-refractivity contribution >= 4 is 17.5 Å². The Bertz CT molecular complexity index is 1360. The fourth-order valence-electron chi connectivity index (χ4n) is 8.36. The van der Waals surface area contributed by atoms with Gasteiger partial charge in [-0.25, -0.2) is 0 Å². The molecule has 2 aromatic carbocycles. The van der Waals surface area contributed by atoms with Crippen molar-refractivity contribution in [2.75, 3.05) is 64.7 Å². The third kappa shape index (κ3) is 8.02. The van der Waals surface area contributed by atoms with Crippen LogP contribution in [0.1, 0.15) is 68.2 Å². The van der Waals surface area contributed by atoms with Gasteiger partial charge in [0, 0.05) is 70.0 Å². The second kappa shape index (κ2) is 15.5. The Balaban J connectivity index is 1.09. The highest BCUT2D eigenvalue weighted by Gasteiger charge is 2.36. The van der Waals surface area contributed by atoms with Crippen LogP contribution in [0.3, 0.4) is 0 Å². The molecule has 0 spiro atoms. The molecule has 2 amide bonds. The van der Waals surface area contributed by atoms with Gasteiger partial charge < -0.3 is 25.1 Å². The van der Waals surface area contributed by atoms with Crippen LogP contribution in [0.15, 0.2) is 42.5 Å². The van der Waals surface area contributed by atoms with Gasteiger partial charge in [-0.3, -0.25) is 19.4 Å². The summed E-state index contributed by atoms with van der Waals surface area (Å²) in [5.74, 6) is -0.151. The van der Waals surface area contributed by atoms with E-state index in [1.165, 1.54) is 29.5 Å². The van der Waals surface area contributed by atoms with Crippen molar-refractivity contribution in [2.24, 2.45) is 5.92 Å². The highest BCUT2D eigenvalue weighted by molar-refractivity contribution is 5.86. The minimum absolute atomic E-state index is 0.0790. The van der Waals surface area contributed by atoms with Crippen LogP contribution in [0.25, 0.3) is 0 Å². The fraction of sp³-hybridized carbons (Fsp3) is 0.632. The monoisotopic (exact) mass is 644 g/mol. The summed E-state index contributed by atoms with van der Waals surface area (Å²) in [5, 5.41) is 14.1. The number of nitrogens with one attached hydrogen (secondary N) is 1. The van der Waals surface area contributed by atoms with E-state index in [1.807, 2.05) is 28.0 Å². The van der Waals surface area contributed by atoms with Crippen LogP contribution in [0, 0.1) is 5.92 Å². The average Bonchev–Trinajstić information content (AvgIpc) is 3.11. The maximum absolute atomic E-state index is 14.2. The van der Waals surface area contributed by atoms with Gasteiger partial charge in [0.05, 0.1) is 5.92 Å². The minimum Gasteiger partial charge on any atom is -0.361 e. The van der Waals surface area contributed by atoms with Gasteiger partial charge in [0.2, 0.25) is 11.8 Å². The zero-order valence-corrected chi connectivity index (χ0v) is 28.9. The Kier molecular flexibility index (Phi) is 11.2. The van der Waals surface area contributed by atoms with Crippen LogP contribution in [0.4, 0.5) is 5.69 Å². The van der Waals surface area contributed by atoms with Crippen LogP contribution >= 0.6 is 0 Å². The quantitative estimate of drug-likeness (QED) is 0.430. The molecule has 4 aliphatic heterocycles. The van der Waals surface area contributed by atoms with Crippen molar-refractivity contribution in [3.63, 3.8) is 0 Å². The highest BCUT2D eigenvalue weighted by atomic mass is 16.3. The van der Waals surface area contributed by atoms with Gasteiger partial charge in [-0.05, 0) is 93.4 Å². The second-order valence-corrected chi connectivity index (χ2v) is 14.3. The summed E-state index contributed by atoms with van der Waals surface area (Å²) in [6, 6.07) is 15.6. The van der Waals surface area contributed by atoms with Crippen LogP contribution in [0.5, 0.6) is 0 Å². The van der Waals surface area contributed by atoms with E-state index in [0.717, 1.165) is 76.2 Å². The molecule has 2 atom stereocenters. The topological polar surface area (TPSA) is 82.6 Å². The molecule has 256 valence electrons. The number of aliphatic hydroxyl groups excluding tert-OH is 1. The summed E-state index contributed by atoms with van der Waals surface area (Å²) in [7, 11) is 2.20. The molecule has 0 saturated carbocycles. The molecule has 2 N–H and O–H groups in total. The van der Waals surface area contributed by atoms with E-state index in [9.17, 15) is 14.7 Å². The number of hydrogen-bond acceptors (Lipinski definition) is 7. The number of carbonyl (C=O) groups is 2. The van der Waals surface area contributed by atoms with Gasteiger partial charge in [0.1, 0.15) is 0 Å². The van der Waals surface area contributed by atoms with Crippen LogP contribution < -0.4 is 5.32 Å². The summed E-state index contributed by atoms with van der Waals surface area (Å²) in [6.07, 6.45) is 6.10. The molecule has 0 bridgehead atoms. The number of aliphatic hydroxyl groups is 1. The lowest BCUT2D eigenvalue weighted by atomic mass is 9.90. The molecule has 4 aliphatic rings. The van der Waals surface area contributed by atoms with Crippen LogP contribution in [-0.2, 0) is 35.4 Å². The standard InChI is InChI=1S/C38H56N6O3/c1-4-29-11-10-28(24-30(29)5-2)25-32(37(46)43-22-20-41(21-23-43)33-12-16-40(3)17-13-33)26-36(45)42-18-14-34(15-19-42)44-27-31-8-6-7-9-35(31)39-38(44)47/h6-11,24,32-34,38-39,47H,4-5,12-23,25-27H2,1-3H3. The first-order chi connectivity index (χ1) is 22.8. The molecule has 6 rings (SSSR count). The van der Waals surface area contributed by atoms with Crippen molar-refractivity contribution < 1.29 is 14.7 Å². The Hall–Kier alpha value is -2.98. The number of anilines is 1. The zero-order chi connectivity index (χ0) is 32.9. The number of likely N-dealkylation sites (tertiary alicyclic amines) is 2. The number of piperidine rings is 2. The number of rotatable bonds is 9. The molecule has 2 unspecified atom stereocenters. The predicted octanol–water partition coefficient (Wildman–Crippen LogP) is 3.79. The molecule has 3 saturated heterocycles. The van der Waals surface area contributed by atoms with Gasteiger partial charge in [-0.2, -0.15) is 0 Å². The molecule has 2 aromatic rings. The highest BCUT2D eigenvalue weighted by Crippen LogP contribution is 2.30. The van der Waals surface area contributed by atoms with E-state index in [4.69, 9.17) is 0 Å². The molecule has 3 fully saturated rings. The van der Waals surface area contributed by atoms with Crippen LogP contribution in [-0.4, -0.2) is 119 Å². The lowest BCUT2D eigenvalue weighted by molar-refractivity contribution is -0.143. The first kappa shape index (κ1) is 33.9. The summed E-state index contributed by atoms with van der Waals surface area (Å²) < 4.78 is 0. The largest absolute Gasteiger partial charge is 0.361 e. The van der Waals surface area contributed by atoms with Crippen LogP contribution in [0.2, 0.25) is 0 Å². The summed E-state index contributed by atoms with van der Waals surface area (Å²) in [5.41, 5.74) is 6.02. The number of para-hydroxylation sites is 1. The van der Waals surface area contributed by atoms with Crippen molar-refractivity contribution in [1.82, 2.24) is 24.5 Å². The SMILES string of the molecule is CCc1ccc(CC(CC(=O)N2CCC(N3Cc4ccccc4NC3O)CC2)C(=O)N2CCN(C3CCN(C)CC3)CC2)cc1CC. The first-order valence-electron chi connectivity index (χ1n) is 18.2. The van der Waals surface area contributed by atoms with Crippen molar-refractivity contribution in [3.05, 3.63) is 64.7 Å². The maximum atomic E-state index is 14.2. The number of amides is 2. The number of piperazine rings is 1. The first-order valence-corrected chi connectivity index (χ1v) is 18.2. The molecule has 9 heteroatoms. The number of benzene rings is 2. The van der Waals surface area contributed by atoms with E-state index in [1.54, 1.807) is 0 Å². The molecule has 0 aromatic heterocycles. The van der Waals surface area contributed by atoms with Crippen molar-refractivity contribution in [3.8, 4) is 0 Å². The van der Waals surface area contributed by atoms with Gasteiger partial charge >= 0.3 is 0 Å². The average molecular weight is 645 g/mol. The summed E-state index contributed by atoms with van der Waals surface area (Å²) >= 11 is 0.